The van der Waals surface area contributed by atoms with Crippen LogP contribution in [-0.4, -0.2) is 27.3 Å². The first-order valence-electron chi connectivity index (χ1n) is 3.90. The van der Waals surface area contributed by atoms with Gasteiger partial charge in [-0.15, -0.1) is 0 Å². The van der Waals surface area contributed by atoms with Crippen LogP contribution >= 0.6 is 0 Å². The Morgan fingerprint density at radius 2 is 2.14 bits per heavy atom. The van der Waals surface area contributed by atoms with Gasteiger partial charge in [0.15, 0.2) is 0 Å². The number of hydrogen-bond acceptors (Lipinski definition) is 3. The Labute approximate surface area is 79.0 Å². The SMILES string of the molecule is N=[N+]=C1C(C(=O)O)=Nc2ccccc21. The predicted octanol–water partition coefficient (Wildman–Crippen LogP) is 0.886. The molecule has 0 amide bonds. The van der Waals surface area contributed by atoms with Gasteiger partial charge >= 0.3 is 11.7 Å². The first-order chi connectivity index (χ1) is 6.74. The molecule has 0 saturated heterocycles. The van der Waals surface area contributed by atoms with Gasteiger partial charge < -0.3 is 5.11 Å². The molecule has 1 heterocycles. The first kappa shape index (κ1) is 8.34. The third-order valence-corrected chi connectivity index (χ3v) is 1.93. The van der Waals surface area contributed by atoms with E-state index in [0.717, 1.165) is 0 Å². The van der Waals surface area contributed by atoms with E-state index in [-0.39, 0.29) is 11.4 Å². The number of aliphatic imine (C=N–C) groups is 1. The van der Waals surface area contributed by atoms with Crippen LogP contribution in [0.3, 0.4) is 0 Å². The summed E-state index contributed by atoms with van der Waals surface area (Å²) in [5.74, 6) is -1.16. The van der Waals surface area contributed by atoms with Crippen LogP contribution in [0.2, 0.25) is 0 Å². The number of hydrogen-bond donors (Lipinski definition) is 2. The minimum absolute atomic E-state index is 0.119. The molecule has 0 bridgehead atoms. The number of nitrogens with zero attached hydrogens (tertiary/aromatic N) is 2. The van der Waals surface area contributed by atoms with E-state index in [1.54, 1.807) is 24.3 Å². The third-order valence-electron chi connectivity index (χ3n) is 1.93. The molecule has 5 heteroatoms. The van der Waals surface area contributed by atoms with Crippen molar-refractivity contribution in [2.45, 2.75) is 0 Å². The van der Waals surface area contributed by atoms with Gasteiger partial charge in [0.2, 0.25) is 5.71 Å². The van der Waals surface area contributed by atoms with Crippen molar-refractivity contribution < 1.29 is 14.7 Å². The Bertz CT molecular complexity index is 499. The lowest BCUT2D eigenvalue weighted by atomic mass is 10.1. The number of carbonyl (C=O) groups is 1. The summed E-state index contributed by atoms with van der Waals surface area (Å²) in [6, 6.07) is 6.90. The van der Waals surface area contributed by atoms with Crippen molar-refractivity contribution in [2.24, 2.45) is 4.99 Å². The fourth-order valence-electron chi connectivity index (χ4n) is 1.33. The van der Waals surface area contributed by atoms with Gasteiger partial charge in [0, 0.05) is 0 Å². The molecule has 0 radical (unpaired) electrons. The summed E-state index contributed by atoms with van der Waals surface area (Å²) in [5, 5.41) is 8.79. The van der Waals surface area contributed by atoms with E-state index < -0.39 is 5.97 Å². The maximum Gasteiger partial charge on any atom is 0.406 e. The fraction of sp³-hybridized carbons (Fsp3) is 0. The quantitative estimate of drug-likeness (QED) is 0.506. The summed E-state index contributed by atoms with van der Waals surface area (Å²) in [6.07, 6.45) is 0. The maximum absolute atomic E-state index is 10.7. The average Bonchev–Trinajstić information content (AvgIpc) is 2.56. The van der Waals surface area contributed by atoms with Crippen molar-refractivity contribution in [1.29, 1.82) is 5.53 Å². The van der Waals surface area contributed by atoms with Crippen molar-refractivity contribution in [3.63, 3.8) is 0 Å². The highest BCUT2D eigenvalue weighted by atomic mass is 16.4. The lowest BCUT2D eigenvalue weighted by Gasteiger charge is -1.87. The molecule has 14 heavy (non-hydrogen) atoms. The van der Waals surface area contributed by atoms with Crippen LogP contribution in [-0.2, 0) is 4.79 Å². The Hall–Kier alpha value is -2.26. The molecule has 1 aromatic rings. The summed E-state index contributed by atoms with van der Waals surface area (Å²) in [5.41, 5.74) is 8.00. The molecule has 5 nitrogen and oxygen atoms in total. The Balaban J connectivity index is 2.67. The monoisotopic (exact) mass is 188 g/mol. The number of aliphatic carboxylic acids is 1. The Kier molecular flexibility index (Phi) is 1.73. The molecule has 0 aromatic heterocycles. The highest BCUT2D eigenvalue weighted by molar-refractivity contribution is 6.69. The topological polar surface area (TPSA) is 87.6 Å². The van der Waals surface area contributed by atoms with Crippen LogP contribution in [0.5, 0.6) is 0 Å². The van der Waals surface area contributed by atoms with Gasteiger partial charge in [0.25, 0.3) is 0 Å². The van der Waals surface area contributed by atoms with Crippen LogP contribution in [0.4, 0.5) is 5.69 Å². The van der Waals surface area contributed by atoms with E-state index in [2.05, 4.69) is 9.78 Å². The normalized spacial score (nSPS) is 13.1. The molecule has 2 rings (SSSR count). The Morgan fingerprint density at radius 1 is 1.43 bits per heavy atom. The number of nitrogens with one attached hydrogen (secondary N) is 1. The zero-order valence-electron chi connectivity index (χ0n) is 7.06. The van der Waals surface area contributed by atoms with E-state index in [4.69, 9.17) is 10.6 Å². The highest BCUT2D eigenvalue weighted by Crippen LogP contribution is 2.25. The van der Waals surface area contributed by atoms with Gasteiger partial charge in [-0.2, -0.15) is 0 Å². The number of carboxylic acids is 1. The van der Waals surface area contributed by atoms with Gasteiger partial charge in [-0.05, 0) is 12.1 Å². The van der Waals surface area contributed by atoms with Gasteiger partial charge in [0.1, 0.15) is 0 Å². The maximum atomic E-state index is 10.7. The molecule has 0 fully saturated rings. The van der Waals surface area contributed by atoms with Crippen LogP contribution < -0.4 is 0 Å². The number of para-hydroxylation sites is 1. The Morgan fingerprint density at radius 3 is 2.79 bits per heavy atom. The molecule has 0 aliphatic carbocycles. The summed E-state index contributed by atoms with van der Waals surface area (Å²) < 4.78 is 0. The van der Waals surface area contributed by atoms with E-state index in [0.29, 0.717) is 11.3 Å². The fourth-order valence-corrected chi connectivity index (χ4v) is 1.33. The number of fused-ring (bicyclic) bond motifs is 1. The molecule has 1 aromatic carbocycles. The van der Waals surface area contributed by atoms with Crippen molar-refractivity contribution >= 4 is 23.1 Å². The molecule has 0 saturated carbocycles. The predicted molar refractivity (Wildman–Crippen MR) is 48.3 cm³/mol. The van der Waals surface area contributed by atoms with E-state index in [9.17, 15) is 4.79 Å². The van der Waals surface area contributed by atoms with E-state index >= 15 is 0 Å². The summed E-state index contributed by atoms with van der Waals surface area (Å²) >= 11 is 0. The van der Waals surface area contributed by atoms with Gasteiger partial charge in [0.05, 0.1) is 21.6 Å². The minimum atomic E-state index is -1.16. The van der Waals surface area contributed by atoms with Gasteiger partial charge in [-0.3, -0.25) is 0 Å². The van der Waals surface area contributed by atoms with Crippen molar-refractivity contribution in [3.8, 4) is 0 Å². The van der Waals surface area contributed by atoms with E-state index in [1.807, 2.05) is 0 Å². The van der Waals surface area contributed by atoms with Crippen molar-refractivity contribution in [1.82, 2.24) is 0 Å². The second kappa shape index (κ2) is 2.90. The number of carboxylic acid groups (broad SMARTS) is 1. The molecule has 1 aliphatic heterocycles. The molecule has 1 aliphatic rings. The molecule has 68 valence electrons. The smallest absolute Gasteiger partial charge is 0.406 e. The molecule has 0 unspecified atom stereocenters. The standard InChI is InChI=1S/C9H5N3O2/c10-12-7-5-3-1-2-4-6(5)11-8(7)9(13)14/h1-4,10H/p+1. The second-order valence-electron chi connectivity index (χ2n) is 2.74. The molecule has 2 N–H and O–H groups in total. The first-order valence-corrected chi connectivity index (χ1v) is 3.90. The number of benzene rings is 1. The molecule has 0 spiro atoms. The summed E-state index contributed by atoms with van der Waals surface area (Å²) in [7, 11) is 0. The lowest BCUT2D eigenvalue weighted by molar-refractivity contribution is -0.130. The largest absolute Gasteiger partial charge is 0.476 e. The van der Waals surface area contributed by atoms with Gasteiger partial charge in [-0.25, -0.2) is 9.79 Å². The van der Waals surface area contributed by atoms with Crippen LogP contribution in [0.15, 0.2) is 29.3 Å². The number of rotatable bonds is 1. The zero-order valence-corrected chi connectivity index (χ0v) is 7.06. The van der Waals surface area contributed by atoms with Crippen LogP contribution in [0.25, 0.3) is 0 Å². The van der Waals surface area contributed by atoms with Gasteiger partial charge in [-0.1, -0.05) is 12.1 Å². The molecular formula is C9H6N3O2+. The minimum Gasteiger partial charge on any atom is -0.476 e. The molecular weight excluding hydrogens is 182 g/mol. The summed E-state index contributed by atoms with van der Waals surface area (Å²) in [4.78, 5) is 17.8. The van der Waals surface area contributed by atoms with Crippen LogP contribution in [0.1, 0.15) is 5.56 Å². The lowest BCUT2D eigenvalue weighted by Crippen LogP contribution is -2.21. The van der Waals surface area contributed by atoms with Crippen molar-refractivity contribution in [3.05, 3.63) is 29.8 Å². The second-order valence-corrected chi connectivity index (χ2v) is 2.74. The van der Waals surface area contributed by atoms with Crippen molar-refractivity contribution in [2.75, 3.05) is 0 Å². The zero-order chi connectivity index (χ0) is 10.1. The average molecular weight is 188 g/mol. The third kappa shape index (κ3) is 1.04. The van der Waals surface area contributed by atoms with Crippen LogP contribution in [0, 0.1) is 5.53 Å². The summed E-state index contributed by atoms with van der Waals surface area (Å²) in [6.45, 7) is 0. The molecule has 0 atom stereocenters. The highest BCUT2D eigenvalue weighted by Gasteiger charge is 2.36. The van der Waals surface area contributed by atoms with E-state index in [1.165, 1.54) is 0 Å².